The molecular weight excluding hydrogens is 334 g/mol. The minimum atomic E-state index is -0.0618. The average molecular weight is 353 g/mol. The molecule has 2 rings (SSSR count). The highest BCUT2D eigenvalue weighted by molar-refractivity contribution is 6.60. The summed E-state index contributed by atoms with van der Waals surface area (Å²) in [5, 5.41) is 25.4. The molecule has 9 nitrogen and oxygen atoms in total. The number of hydrazone groups is 2. The van der Waals surface area contributed by atoms with E-state index in [9.17, 15) is 9.90 Å². The highest BCUT2D eigenvalue weighted by atomic mass is 16.3. The van der Waals surface area contributed by atoms with Crippen molar-refractivity contribution >= 4 is 29.2 Å². The summed E-state index contributed by atoms with van der Waals surface area (Å²) in [6.45, 7) is 1.44. The van der Waals surface area contributed by atoms with Gasteiger partial charge in [-0.2, -0.15) is 10.2 Å². The van der Waals surface area contributed by atoms with Gasteiger partial charge in [-0.1, -0.05) is 30.3 Å². The van der Waals surface area contributed by atoms with Gasteiger partial charge in [-0.05, 0) is 24.6 Å². The SMILES string of the molecule is CC(=N)/C(C=O)=N/Nc1cccc(-c2cccc(/C(=N/N)NN)c2)c1O. The number of amidine groups is 1. The van der Waals surface area contributed by atoms with Crippen LogP contribution in [0.2, 0.25) is 0 Å². The zero-order chi connectivity index (χ0) is 19.1. The Kier molecular flexibility index (Phi) is 6.01. The molecule has 0 heterocycles. The summed E-state index contributed by atoms with van der Waals surface area (Å²) in [5.41, 5.74) is 7.12. The number of aromatic hydroxyl groups is 1. The van der Waals surface area contributed by atoms with Crippen molar-refractivity contribution in [2.24, 2.45) is 21.9 Å². The maximum absolute atomic E-state index is 10.9. The van der Waals surface area contributed by atoms with Crippen molar-refractivity contribution in [2.75, 3.05) is 5.43 Å². The molecule has 26 heavy (non-hydrogen) atoms. The van der Waals surface area contributed by atoms with Gasteiger partial charge in [0.05, 0.1) is 11.4 Å². The van der Waals surface area contributed by atoms with Crippen LogP contribution in [0.4, 0.5) is 5.69 Å². The molecule has 0 saturated carbocycles. The van der Waals surface area contributed by atoms with E-state index in [1.807, 2.05) is 0 Å². The van der Waals surface area contributed by atoms with Crippen molar-refractivity contribution < 1.29 is 9.90 Å². The quantitative estimate of drug-likeness (QED) is 0.114. The number of carbonyl (C=O) groups is 1. The average Bonchev–Trinajstić information content (AvgIpc) is 2.64. The lowest BCUT2D eigenvalue weighted by atomic mass is 10.0. The molecule has 0 saturated heterocycles. The van der Waals surface area contributed by atoms with E-state index in [1.165, 1.54) is 6.92 Å². The molecule has 0 amide bonds. The van der Waals surface area contributed by atoms with Gasteiger partial charge in [-0.3, -0.25) is 10.2 Å². The van der Waals surface area contributed by atoms with Gasteiger partial charge in [0, 0.05) is 11.1 Å². The van der Waals surface area contributed by atoms with E-state index < -0.39 is 0 Å². The largest absolute Gasteiger partial charge is 0.505 e. The van der Waals surface area contributed by atoms with Crippen LogP contribution in [0.15, 0.2) is 52.7 Å². The minimum absolute atomic E-state index is 0.0127. The molecule has 0 unspecified atom stereocenters. The van der Waals surface area contributed by atoms with Gasteiger partial charge in [0.2, 0.25) is 0 Å². The van der Waals surface area contributed by atoms with Crippen LogP contribution in [0.1, 0.15) is 12.5 Å². The number of carbonyl (C=O) groups excluding carboxylic acids is 1. The van der Waals surface area contributed by atoms with Crippen LogP contribution in [-0.4, -0.2) is 28.7 Å². The first-order chi connectivity index (χ1) is 12.5. The van der Waals surface area contributed by atoms with Crippen molar-refractivity contribution in [3.8, 4) is 16.9 Å². The summed E-state index contributed by atoms with van der Waals surface area (Å²) in [7, 11) is 0. The Morgan fingerprint density at radius 1 is 1.27 bits per heavy atom. The number of rotatable bonds is 6. The standard InChI is InChI=1S/C17H19N7O2/c1-10(18)15(9-25)24-23-14-7-3-6-13(16(14)26)11-4-2-5-12(8-11)17(21-19)22-20/h2-9,18,23,26H,19-20H2,1H3,(H,21,22)/b18-10?,24-15+. The third kappa shape index (κ3) is 4.02. The van der Waals surface area contributed by atoms with E-state index in [0.29, 0.717) is 28.8 Å². The summed E-state index contributed by atoms with van der Waals surface area (Å²) in [6, 6.07) is 12.1. The van der Waals surface area contributed by atoms with E-state index >= 15 is 0 Å². The normalized spacial score (nSPS) is 11.8. The number of aldehydes is 1. The molecule has 0 aliphatic carbocycles. The Labute approximate surface area is 149 Å². The Bertz CT molecular complexity index is 890. The Morgan fingerprint density at radius 2 is 2.00 bits per heavy atom. The van der Waals surface area contributed by atoms with Crippen LogP contribution in [0.3, 0.4) is 0 Å². The molecule has 2 aromatic rings. The number of hydrazine groups is 1. The molecule has 0 atom stereocenters. The third-order valence-corrected chi connectivity index (χ3v) is 3.54. The van der Waals surface area contributed by atoms with Gasteiger partial charge < -0.3 is 21.8 Å². The third-order valence-electron chi connectivity index (χ3n) is 3.54. The monoisotopic (exact) mass is 353 g/mol. The first kappa shape index (κ1) is 18.6. The van der Waals surface area contributed by atoms with Gasteiger partial charge in [-0.15, -0.1) is 0 Å². The maximum Gasteiger partial charge on any atom is 0.172 e. The van der Waals surface area contributed by atoms with Crippen molar-refractivity contribution in [2.45, 2.75) is 6.92 Å². The second-order valence-electron chi connectivity index (χ2n) is 5.26. The van der Waals surface area contributed by atoms with Crippen molar-refractivity contribution in [3.05, 3.63) is 48.0 Å². The molecule has 0 spiro atoms. The molecule has 0 fully saturated rings. The van der Waals surface area contributed by atoms with Crippen molar-refractivity contribution in [3.63, 3.8) is 0 Å². The molecule has 134 valence electrons. The predicted molar refractivity (Wildman–Crippen MR) is 102 cm³/mol. The number of nitrogens with zero attached hydrogens (tertiary/aromatic N) is 2. The fraction of sp³-hybridized carbons (Fsp3) is 0.0588. The molecule has 8 N–H and O–H groups in total. The zero-order valence-electron chi connectivity index (χ0n) is 14.0. The molecule has 9 heteroatoms. The number of phenols is 1. The van der Waals surface area contributed by atoms with E-state index in [0.717, 1.165) is 0 Å². The van der Waals surface area contributed by atoms with Crippen molar-refractivity contribution in [1.29, 1.82) is 5.41 Å². The smallest absolute Gasteiger partial charge is 0.172 e. The zero-order valence-corrected chi connectivity index (χ0v) is 14.0. The fourth-order valence-electron chi connectivity index (χ4n) is 2.21. The molecule has 0 aromatic heterocycles. The second-order valence-corrected chi connectivity index (χ2v) is 5.26. The van der Waals surface area contributed by atoms with Crippen LogP contribution >= 0.6 is 0 Å². The first-order valence-electron chi connectivity index (χ1n) is 7.53. The Balaban J connectivity index is 2.42. The van der Waals surface area contributed by atoms with E-state index in [1.54, 1.807) is 42.5 Å². The number of hydrogen-bond donors (Lipinski definition) is 6. The highest BCUT2D eigenvalue weighted by Crippen LogP contribution is 2.35. The lowest BCUT2D eigenvalue weighted by Gasteiger charge is -2.11. The summed E-state index contributed by atoms with van der Waals surface area (Å²) in [6.07, 6.45) is 0.465. The van der Waals surface area contributed by atoms with Gasteiger partial charge in [0.1, 0.15) is 11.5 Å². The van der Waals surface area contributed by atoms with Gasteiger partial charge >= 0.3 is 0 Å². The molecule has 2 aromatic carbocycles. The number of nitrogens with one attached hydrogen (secondary N) is 3. The van der Waals surface area contributed by atoms with E-state index in [4.69, 9.17) is 17.1 Å². The Morgan fingerprint density at radius 3 is 2.62 bits per heavy atom. The van der Waals surface area contributed by atoms with Crippen LogP contribution < -0.4 is 22.5 Å². The molecule has 0 radical (unpaired) electrons. The summed E-state index contributed by atoms with van der Waals surface area (Å²) in [5.74, 6) is 10.9. The Hall–Kier alpha value is -3.72. The van der Waals surface area contributed by atoms with Crippen LogP contribution in [0.25, 0.3) is 11.1 Å². The summed E-state index contributed by atoms with van der Waals surface area (Å²) >= 11 is 0. The lowest BCUT2D eigenvalue weighted by Crippen LogP contribution is -2.32. The highest BCUT2D eigenvalue weighted by Gasteiger charge is 2.11. The van der Waals surface area contributed by atoms with Gasteiger partial charge in [0.25, 0.3) is 0 Å². The number of nitrogens with two attached hydrogens (primary N) is 2. The number of para-hydroxylation sites is 1. The molecule has 0 bridgehead atoms. The molecule has 0 aliphatic rings. The number of phenolic OH excluding ortho intramolecular Hbond substituents is 1. The van der Waals surface area contributed by atoms with Gasteiger partial charge in [0.15, 0.2) is 12.1 Å². The predicted octanol–water partition coefficient (Wildman–Crippen LogP) is 1.15. The first-order valence-corrected chi connectivity index (χ1v) is 7.53. The van der Waals surface area contributed by atoms with E-state index in [-0.39, 0.29) is 22.9 Å². The van der Waals surface area contributed by atoms with Crippen LogP contribution in [0.5, 0.6) is 5.75 Å². The lowest BCUT2D eigenvalue weighted by molar-refractivity contribution is -0.102. The second kappa shape index (κ2) is 8.40. The molecule has 0 aliphatic heterocycles. The van der Waals surface area contributed by atoms with Crippen LogP contribution in [-0.2, 0) is 4.79 Å². The number of benzene rings is 2. The van der Waals surface area contributed by atoms with Gasteiger partial charge in [-0.25, -0.2) is 5.84 Å². The summed E-state index contributed by atoms with van der Waals surface area (Å²) in [4.78, 5) is 10.9. The van der Waals surface area contributed by atoms with Crippen LogP contribution in [0, 0.1) is 5.41 Å². The maximum atomic E-state index is 10.9. The number of anilines is 1. The van der Waals surface area contributed by atoms with E-state index in [2.05, 4.69) is 21.1 Å². The fourth-order valence-corrected chi connectivity index (χ4v) is 2.21. The number of hydrogen-bond acceptors (Lipinski definition) is 8. The van der Waals surface area contributed by atoms with Crippen molar-refractivity contribution in [1.82, 2.24) is 5.43 Å². The summed E-state index contributed by atoms with van der Waals surface area (Å²) < 4.78 is 0. The molecular formula is C17H19N7O2. The topological polar surface area (TPSA) is 162 Å². The minimum Gasteiger partial charge on any atom is -0.505 e.